The largest absolute Gasteiger partial charge is 0.382 e. The second-order valence-corrected chi connectivity index (χ2v) is 11.5. The molecule has 1 amide bonds. The maximum atomic E-state index is 13.0. The average Bonchev–Trinajstić information content (AvgIpc) is 3.60. The third-order valence-corrected chi connectivity index (χ3v) is 7.42. The number of imidazole rings is 1. The molecule has 5 rings (SSSR count). The van der Waals surface area contributed by atoms with Crippen LogP contribution in [0.1, 0.15) is 76.8 Å². The van der Waals surface area contributed by atoms with Crippen molar-refractivity contribution in [3.05, 3.63) is 65.5 Å². The first kappa shape index (κ1) is 25.2. The first-order valence-electron chi connectivity index (χ1n) is 13.7. The number of amides is 1. The molecule has 1 saturated carbocycles. The number of pyridine rings is 1. The number of carbonyl (C=O) groups is 1. The number of nitrogens with two attached hydrogens (primary N) is 1. The molecular formula is C31H39N5O. The van der Waals surface area contributed by atoms with Crippen molar-refractivity contribution < 1.29 is 4.79 Å². The number of rotatable bonds is 9. The highest BCUT2D eigenvalue weighted by Crippen LogP contribution is 2.34. The molecule has 6 heteroatoms. The van der Waals surface area contributed by atoms with Crippen molar-refractivity contribution in [2.45, 2.75) is 84.8 Å². The van der Waals surface area contributed by atoms with Crippen LogP contribution in [0.25, 0.3) is 21.9 Å². The lowest BCUT2D eigenvalue weighted by atomic mass is 10.0. The van der Waals surface area contributed by atoms with E-state index in [-0.39, 0.29) is 11.4 Å². The molecule has 0 aliphatic heterocycles. The second-order valence-electron chi connectivity index (χ2n) is 11.5. The highest BCUT2D eigenvalue weighted by atomic mass is 16.2. The summed E-state index contributed by atoms with van der Waals surface area (Å²) in [6.45, 7) is 9.93. The van der Waals surface area contributed by atoms with Gasteiger partial charge in [0, 0.05) is 36.9 Å². The second kappa shape index (κ2) is 10.2. The molecule has 6 nitrogen and oxygen atoms in total. The van der Waals surface area contributed by atoms with Gasteiger partial charge in [0.25, 0.3) is 0 Å². The number of hydrogen-bond acceptors (Lipinski definition) is 4. The van der Waals surface area contributed by atoms with E-state index < -0.39 is 0 Å². The number of carbonyl (C=O) groups excluding carboxylic acids is 1. The van der Waals surface area contributed by atoms with Gasteiger partial charge in [-0.1, -0.05) is 55.8 Å². The highest BCUT2D eigenvalue weighted by Gasteiger charge is 2.31. The minimum atomic E-state index is -0.205. The van der Waals surface area contributed by atoms with E-state index in [4.69, 9.17) is 10.7 Å². The summed E-state index contributed by atoms with van der Waals surface area (Å²) < 4.78 is 2.32. The molecular weight excluding hydrogens is 458 g/mol. The van der Waals surface area contributed by atoms with Crippen LogP contribution in [0.3, 0.4) is 0 Å². The monoisotopic (exact) mass is 497 g/mol. The standard InChI is InChI=1S/C31H39N5O/c1-5-6-11-26-34-28-29(24-9-7-8-10-25(24)33-30(28)32)35(26)19-22-14-16-23(17-15-22)20-36(31(2,3)4)27(37)18-21-12-13-21/h7-10,14-17,21H,5-6,11-13,18-20H2,1-4H3,(H2,32,33). The van der Waals surface area contributed by atoms with Gasteiger partial charge >= 0.3 is 0 Å². The Bertz CT molecular complexity index is 1410. The predicted molar refractivity (Wildman–Crippen MR) is 151 cm³/mol. The lowest BCUT2D eigenvalue weighted by Gasteiger charge is -2.36. The third-order valence-electron chi connectivity index (χ3n) is 7.42. The average molecular weight is 498 g/mol. The minimum absolute atomic E-state index is 0.205. The molecule has 0 radical (unpaired) electrons. The highest BCUT2D eigenvalue weighted by molar-refractivity contribution is 6.06. The van der Waals surface area contributed by atoms with E-state index in [1.165, 1.54) is 18.4 Å². The maximum absolute atomic E-state index is 13.0. The Morgan fingerprint density at radius 2 is 1.76 bits per heavy atom. The van der Waals surface area contributed by atoms with E-state index in [1.807, 2.05) is 23.1 Å². The number of hydrogen-bond donors (Lipinski definition) is 1. The van der Waals surface area contributed by atoms with Crippen LogP contribution in [-0.2, 0) is 24.3 Å². The van der Waals surface area contributed by atoms with Gasteiger partial charge in [0.1, 0.15) is 11.3 Å². The molecule has 0 unspecified atom stereocenters. The van der Waals surface area contributed by atoms with E-state index in [0.717, 1.165) is 52.6 Å². The first-order valence-corrected chi connectivity index (χ1v) is 13.7. The van der Waals surface area contributed by atoms with Gasteiger partial charge in [-0.3, -0.25) is 4.79 Å². The minimum Gasteiger partial charge on any atom is -0.382 e. The van der Waals surface area contributed by atoms with E-state index >= 15 is 0 Å². The molecule has 2 heterocycles. The number of benzene rings is 2. The van der Waals surface area contributed by atoms with Crippen LogP contribution in [0, 0.1) is 5.92 Å². The van der Waals surface area contributed by atoms with Crippen molar-refractivity contribution in [1.29, 1.82) is 0 Å². The zero-order chi connectivity index (χ0) is 26.2. The quantitative estimate of drug-likeness (QED) is 0.287. The van der Waals surface area contributed by atoms with Gasteiger partial charge in [0.2, 0.25) is 5.91 Å². The Labute approximate surface area is 219 Å². The lowest BCUT2D eigenvalue weighted by molar-refractivity contribution is -0.137. The van der Waals surface area contributed by atoms with E-state index in [2.05, 4.69) is 67.6 Å². The van der Waals surface area contributed by atoms with Crippen molar-refractivity contribution in [1.82, 2.24) is 19.4 Å². The van der Waals surface area contributed by atoms with Crippen LogP contribution in [0.4, 0.5) is 5.82 Å². The Balaban J connectivity index is 1.45. The van der Waals surface area contributed by atoms with Crippen molar-refractivity contribution in [2.24, 2.45) is 5.92 Å². The molecule has 4 aromatic rings. The molecule has 1 fully saturated rings. The van der Waals surface area contributed by atoms with Crippen LogP contribution >= 0.6 is 0 Å². The number of aryl methyl sites for hydroxylation is 1. The Morgan fingerprint density at radius 1 is 1.05 bits per heavy atom. The van der Waals surface area contributed by atoms with Gasteiger partial charge in [-0.15, -0.1) is 0 Å². The fourth-order valence-electron chi connectivity index (χ4n) is 5.09. The number of fused-ring (bicyclic) bond motifs is 3. The summed E-state index contributed by atoms with van der Waals surface area (Å²) in [4.78, 5) is 24.6. The van der Waals surface area contributed by atoms with Gasteiger partial charge in [0.15, 0.2) is 5.82 Å². The molecule has 194 valence electrons. The van der Waals surface area contributed by atoms with Gasteiger partial charge in [-0.05, 0) is 63.1 Å². The number of nitrogens with zero attached hydrogens (tertiary/aromatic N) is 4. The Kier molecular flexibility index (Phi) is 6.93. The van der Waals surface area contributed by atoms with Crippen LogP contribution in [-0.4, -0.2) is 30.9 Å². The summed E-state index contributed by atoms with van der Waals surface area (Å²) in [5, 5.41) is 1.08. The summed E-state index contributed by atoms with van der Waals surface area (Å²) in [7, 11) is 0. The van der Waals surface area contributed by atoms with Crippen molar-refractivity contribution in [3.8, 4) is 0 Å². The number of unbranched alkanes of at least 4 members (excludes halogenated alkanes) is 1. The van der Waals surface area contributed by atoms with Gasteiger partial charge in [0.05, 0.1) is 11.0 Å². The van der Waals surface area contributed by atoms with E-state index in [1.54, 1.807) is 0 Å². The van der Waals surface area contributed by atoms with Crippen LogP contribution in [0.15, 0.2) is 48.5 Å². The smallest absolute Gasteiger partial charge is 0.223 e. The third kappa shape index (κ3) is 5.48. The number of anilines is 1. The molecule has 37 heavy (non-hydrogen) atoms. The molecule has 0 atom stereocenters. The summed E-state index contributed by atoms with van der Waals surface area (Å²) in [6.07, 6.45) is 6.15. The maximum Gasteiger partial charge on any atom is 0.223 e. The normalized spacial score (nSPS) is 13.9. The number of nitrogen functional groups attached to an aromatic ring is 1. The van der Waals surface area contributed by atoms with Gasteiger partial charge < -0.3 is 15.2 Å². The predicted octanol–water partition coefficient (Wildman–Crippen LogP) is 6.48. The summed E-state index contributed by atoms with van der Waals surface area (Å²) >= 11 is 0. The number of para-hydroxylation sites is 1. The Hall–Kier alpha value is -3.41. The molecule has 0 spiro atoms. The van der Waals surface area contributed by atoms with Crippen LogP contribution in [0.2, 0.25) is 0 Å². The molecule has 0 bridgehead atoms. The molecule has 2 aromatic heterocycles. The van der Waals surface area contributed by atoms with Crippen molar-refractivity contribution in [2.75, 3.05) is 5.73 Å². The summed E-state index contributed by atoms with van der Waals surface area (Å²) in [6, 6.07) is 16.8. The summed E-state index contributed by atoms with van der Waals surface area (Å²) in [5.41, 5.74) is 11.3. The molecule has 1 aliphatic rings. The SMILES string of the molecule is CCCCc1nc2c(N)nc3ccccc3c2n1Cc1ccc(CN(C(=O)CC2CC2)C(C)(C)C)cc1. The zero-order valence-corrected chi connectivity index (χ0v) is 22.6. The Morgan fingerprint density at radius 3 is 2.43 bits per heavy atom. The zero-order valence-electron chi connectivity index (χ0n) is 22.6. The molecule has 2 N–H and O–H groups in total. The lowest BCUT2D eigenvalue weighted by Crippen LogP contribution is -2.45. The van der Waals surface area contributed by atoms with Crippen molar-refractivity contribution in [3.63, 3.8) is 0 Å². The van der Waals surface area contributed by atoms with Crippen molar-refractivity contribution >= 4 is 33.7 Å². The molecule has 2 aromatic carbocycles. The van der Waals surface area contributed by atoms with Gasteiger partial charge in [-0.25, -0.2) is 9.97 Å². The number of aromatic nitrogens is 3. The van der Waals surface area contributed by atoms with E-state index in [0.29, 0.717) is 31.2 Å². The topological polar surface area (TPSA) is 77.0 Å². The molecule has 0 saturated heterocycles. The van der Waals surface area contributed by atoms with E-state index in [9.17, 15) is 4.79 Å². The van der Waals surface area contributed by atoms with Gasteiger partial charge in [-0.2, -0.15) is 0 Å². The summed E-state index contributed by atoms with van der Waals surface area (Å²) in [5.74, 6) is 2.39. The fourth-order valence-corrected chi connectivity index (χ4v) is 5.09. The van der Waals surface area contributed by atoms with Crippen LogP contribution < -0.4 is 5.73 Å². The molecule has 1 aliphatic carbocycles. The van der Waals surface area contributed by atoms with Crippen LogP contribution in [0.5, 0.6) is 0 Å². The first-order chi connectivity index (χ1) is 17.7. The fraction of sp³-hybridized carbons (Fsp3) is 0.452.